The van der Waals surface area contributed by atoms with E-state index in [1.165, 1.54) is 12.1 Å². The van der Waals surface area contributed by atoms with Crippen LogP contribution in [0.3, 0.4) is 0 Å². The average molecular weight is 364 g/mol. The summed E-state index contributed by atoms with van der Waals surface area (Å²) in [5, 5.41) is 12.5. The van der Waals surface area contributed by atoms with Gasteiger partial charge in [-0.05, 0) is 48.7 Å². The summed E-state index contributed by atoms with van der Waals surface area (Å²) in [5.41, 5.74) is 8.94. The number of halogens is 1. The van der Waals surface area contributed by atoms with E-state index >= 15 is 0 Å². The van der Waals surface area contributed by atoms with Crippen LogP contribution in [-0.2, 0) is 4.79 Å². The van der Waals surface area contributed by atoms with E-state index in [0.29, 0.717) is 12.1 Å². The van der Waals surface area contributed by atoms with Crippen molar-refractivity contribution in [2.45, 2.75) is 19.4 Å². The molecule has 0 spiro atoms. The van der Waals surface area contributed by atoms with E-state index in [9.17, 15) is 14.4 Å². The van der Waals surface area contributed by atoms with Gasteiger partial charge in [0.1, 0.15) is 11.9 Å². The molecule has 27 heavy (non-hydrogen) atoms. The first-order valence-electron chi connectivity index (χ1n) is 8.79. The molecule has 1 heterocycles. The molecule has 0 bridgehead atoms. The Labute approximate surface area is 157 Å². The Balaban J connectivity index is 1.77. The number of carbonyl (C=O) groups is 1. The third-order valence-electron chi connectivity index (χ3n) is 4.73. The molecule has 6 heteroatoms. The number of allylic oxidation sites excluding steroid dienone is 1. The minimum Gasteiger partial charge on any atom is -0.395 e. The molecule has 1 aliphatic rings. The van der Waals surface area contributed by atoms with Crippen LogP contribution in [-0.4, -0.2) is 25.0 Å². The first kappa shape index (κ1) is 18.5. The van der Waals surface area contributed by atoms with Gasteiger partial charge in [0.05, 0.1) is 16.9 Å². The summed E-state index contributed by atoms with van der Waals surface area (Å²) in [6, 6.07) is 14.1. The molecule has 1 saturated heterocycles. The number of anilines is 1. The minimum absolute atomic E-state index is 0.0145. The number of amides is 1. The molecular weight excluding hydrogens is 343 g/mol. The predicted octanol–water partition coefficient (Wildman–Crippen LogP) is 2.92. The summed E-state index contributed by atoms with van der Waals surface area (Å²) in [7, 11) is 0. The molecule has 1 amide bonds. The Morgan fingerprint density at radius 2 is 2.00 bits per heavy atom. The van der Waals surface area contributed by atoms with E-state index in [2.05, 4.69) is 16.3 Å². The van der Waals surface area contributed by atoms with Crippen molar-refractivity contribution >= 4 is 11.6 Å². The normalized spacial score (nSPS) is 16.9. The number of carbonyl (C=O) groups excluding carboxylic acids is 1. The number of hydrogen-bond acceptors (Lipinski definition) is 4. The maximum atomic E-state index is 13.1. The molecule has 5 nitrogen and oxygen atoms in total. The average Bonchev–Trinajstić information content (AvgIpc) is 3.15. The van der Waals surface area contributed by atoms with Crippen LogP contribution in [0, 0.1) is 17.1 Å². The van der Waals surface area contributed by atoms with Crippen molar-refractivity contribution < 1.29 is 9.18 Å². The van der Waals surface area contributed by atoms with Gasteiger partial charge in [0.15, 0.2) is 0 Å². The topological polar surface area (TPSA) is 82.2 Å². The van der Waals surface area contributed by atoms with Gasteiger partial charge in [-0.1, -0.05) is 24.3 Å². The largest absolute Gasteiger partial charge is 0.395 e. The number of nitrogens with zero attached hydrogens (tertiary/aromatic N) is 2. The van der Waals surface area contributed by atoms with Gasteiger partial charge in [-0.25, -0.2) is 4.39 Å². The van der Waals surface area contributed by atoms with Crippen LogP contribution in [0.15, 0.2) is 54.2 Å². The van der Waals surface area contributed by atoms with Gasteiger partial charge in [-0.3, -0.25) is 4.79 Å². The van der Waals surface area contributed by atoms with E-state index in [1.807, 2.05) is 18.2 Å². The number of nitriles is 1. The number of benzene rings is 2. The summed E-state index contributed by atoms with van der Waals surface area (Å²) >= 11 is 0. The van der Waals surface area contributed by atoms with Gasteiger partial charge in [-0.2, -0.15) is 5.26 Å². The molecule has 2 aromatic carbocycles. The quantitative estimate of drug-likeness (QED) is 0.817. The van der Waals surface area contributed by atoms with Crippen LogP contribution in [0.4, 0.5) is 10.1 Å². The lowest BCUT2D eigenvalue weighted by molar-refractivity contribution is -0.118. The lowest BCUT2D eigenvalue weighted by Gasteiger charge is -2.21. The summed E-state index contributed by atoms with van der Waals surface area (Å²) in [6.07, 6.45) is 2.36. The minimum atomic E-state index is -0.292. The van der Waals surface area contributed by atoms with Gasteiger partial charge in [-0.15, -0.1) is 0 Å². The Morgan fingerprint density at radius 3 is 2.67 bits per heavy atom. The predicted molar refractivity (Wildman–Crippen MR) is 103 cm³/mol. The zero-order chi connectivity index (χ0) is 19.4. The molecule has 0 radical (unpaired) electrons. The van der Waals surface area contributed by atoms with Crippen molar-refractivity contribution in [1.29, 1.82) is 5.26 Å². The van der Waals surface area contributed by atoms with Crippen LogP contribution in [0.5, 0.6) is 0 Å². The van der Waals surface area contributed by atoms with Gasteiger partial charge in [0, 0.05) is 19.1 Å². The highest BCUT2D eigenvalue weighted by Gasteiger charge is 2.26. The highest BCUT2D eigenvalue weighted by atomic mass is 19.1. The van der Waals surface area contributed by atoms with Crippen molar-refractivity contribution in [3.63, 3.8) is 0 Å². The second-order valence-electron chi connectivity index (χ2n) is 6.50. The fraction of sp³-hybridized carbons (Fsp3) is 0.238. The zero-order valence-corrected chi connectivity index (χ0v) is 15.1. The van der Waals surface area contributed by atoms with Crippen LogP contribution >= 0.6 is 0 Å². The van der Waals surface area contributed by atoms with Gasteiger partial charge >= 0.3 is 0 Å². The van der Waals surface area contributed by atoms with Gasteiger partial charge in [0.25, 0.3) is 5.91 Å². The first-order chi connectivity index (χ1) is 13.0. The van der Waals surface area contributed by atoms with E-state index in [-0.39, 0.29) is 23.5 Å². The van der Waals surface area contributed by atoms with Crippen molar-refractivity contribution in [1.82, 2.24) is 5.32 Å². The van der Waals surface area contributed by atoms with Gasteiger partial charge in [0.2, 0.25) is 0 Å². The first-order valence-corrected chi connectivity index (χ1v) is 8.79. The van der Waals surface area contributed by atoms with Crippen LogP contribution in [0.1, 0.15) is 18.9 Å². The Morgan fingerprint density at radius 1 is 1.30 bits per heavy atom. The summed E-state index contributed by atoms with van der Waals surface area (Å²) < 4.78 is 13.1. The highest BCUT2D eigenvalue weighted by molar-refractivity contribution is 5.92. The van der Waals surface area contributed by atoms with Crippen LogP contribution in [0.2, 0.25) is 0 Å². The van der Waals surface area contributed by atoms with Crippen molar-refractivity contribution in [3.8, 4) is 17.2 Å². The highest BCUT2D eigenvalue weighted by Crippen LogP contribution is 2.29. The number of rotatable bonds is 4. The number of nitrogens with one attached hydrogen (secondary N) is 1. The monoisotopic (exact) mass is 364 g/mol. The molecule has 0 aliphatic carbocycles. The molecule has 3 N–H and O–H groups in total. The lowest BCUT2D eigenvalue weighted by atomic mass is 10.0. The van der Waals surface area contributed by atoms with E-state index in [0.717, 1.165) is 29.8 Å². The van der Waals surface area contributed by atoms with Crippen molar-refractivity contribution in [2.75, 3.05) is 18.0 Å². The SMILES string of the molecule is CC=C(N)C(=O)N[C@H]1CCN(c2ccc(-c3ccc(F)cc3)cc2C#N)C1. The fourth-order valence-corrected chi connectivity index (χ4v) is 3.22. The maximum Gasteiger partial charge on any atom is 0.267 e. The number of hydrogen-bond donors (Lipinski definition) is 2. The molecule has 0 aromatic heterocycles. The van der Waals surface area contributed by atoms with E-state index < -0.39 is 0 Å². The molecule has 0 saturated carbocycles. The standard InChI is InChI=1S/C21H21FN4O/c1-2-19(24)21(27)25-18-9-10-26(13-18)20-8-5-15(11-16(20)12-23)14-3-6-17(22)7-4-14/h2-8,11,18H,9-10,13,24H2,1H3,(H,25,27)/t18-/m0/s1. The molecule has 1 aliphatic heterocycles. The number of nitrogens with two attached hydrogens (primary N) is 1. The molecule has 2 aromatic rings. The molecule has 3 rings (SSSR count). The zero-order valence-electron chi connectivity index (χ0n) is 15.1. The van der Waals surface area contributed by atoms with Gasteiger partial charge < -0.3 is 16.0 Å². The molecule has 138 valence electrons. The third-order valence-corrected chi connectivity index (χ3v) is 4.73. The fourth-order valence-electron chi connectivity index (χ4n) is 3.22. The smallest absolute Gasteiger partial charge is 0.267 e. The lowest BCUT2D eigenvalue weighted by Crippen LogP contribution is -2.39. The maximum absolute atomic E-state index is 13.1. The Kier molecular flexibility index (Phi) is 5.41. The third kappa shape index (κ3) is 4.09. The summed E-state index contributed by atoms with van der Waals surface area (Å²) in [4.78, 5) is 14.0. The Hall–Kier alpha value is -3.33. The molecule has 1 fully saturated rings. The van der Waals surface area contributed by atoms with Crippen LogP contribution in [0.25, 0.3) is 11.1 Å². The van der Waals surface area contributed by atoms with Crippen LogP contribution < -0.4 is 16.0 Å². The summed E-state index contributed by atoms with van der Waals surface area (Å²) in [6.45, 7) is 3.08. The second-order valence-corrected chi connectivity index (χ2v) is 6.50. The Bertz CT molecular complexity index is 915. The van der Waals surface area contributed by atoms with E-state index in [1.54, 1.807) is 25.1 Å². The van der Waals surface area contributed by atoms with Crippen molar-refractivity contribution in [3.05, 3.63) is 65.6 Å². The second kappa shape index (κ2) is 7.92. The summed E-state index contributed by atoms with van der Waals surface area (Å²) in [5.74, 6) is -0.559. The molecule has 1 atom stereocenters. The molecular formula is C21H21FN4O. The van der Waals surface area contributed by atoms with E-state index in [4.69, 9.17) is 5.73 Å². The molecule has 0 unspecified atom stereocenters. The van der Waals surface area contributed by atoms with Crippen molar-refractivity contribution in [2.24, 2.45) is 5.73 Å².